The molecule has 0 amide bonds. The summed E-state index contributed by atoms with van der Waals surface area (Å²) in [6.07, 6.45) is 1.87. The maximum Gasteiger partial charge on any atom is 0.193 e. The summed E-state index contributed by atoms with van der Waals surface area (Å²) in [7, 11) is -1.13. The van der Waals surface area contributed by atoms with E-state index in [0.717, 1.165) is 32.1 Å². The topological polar surface area (TPSA) is 65.0 Å². The fourth-order valence-electron chi connectivity index (χ4n) is 3.10. The molecule has 0 radical (unpaired) electrons. The molecule has 1 N–H and O–H groups in total. The van der Waals surface area contributed by atoms with E-state index in [1.54, 1.807) is 7.05 Å². The van der Waals surface area contributed by atoms with Crippen molar-refractivity contribution < 1.29 is 8.42 Å². The third-order valence-electron chi connectivity index (χ3n) is 4.68. The normalized spacial score (nSPS) is 16.2. The number of piperazine rings is 1. The number of rotatable bonds is 5. The molecule has 6 nitrogen and oxygen atoms in total. The van der Waals surface area contributed by atoms with Gasteiger partial charge < -0.3 is 15.1 Å². The first-order valence-electron chi connectivity index (χ1n) is 8.76. The predicted molar refractivity (Wildman–Crippen MR) is 105 cm³/mol. The summed E-state index contributed by atoms with van der Waals surface area (Å²) < 4.78 is 22.4. The summed E-state index contributed by atoms with van der Waals surface area (Å²) >= 11 is 0. The second-order valence-electron chi connectivity index (χ2n) is 6.65. The van der Waals surface area contributed by atoms with Crippen molar-refractivity contribution in [1.29, 1.82) is 0 Å². The Bertz CT molecular complexity index is 708. The molecule has 7 heteroatoms. The summed E-state index contributed by atoms with van der Waals surface area (Å²) in [4.78, 5) is 9.00. The Morgan fingerprint density at radius 1 is 1.20 bits per heavy atom. The van der Waals surface area contributed by atoms with Crippen molar-refractivity contribution in [3.8, 4) is 0 Å². The fourth-order valence-corrected chi connectivity index (χ4v) is 3.77. The molecule has 25 heavy (non-hydrogen) atoms. The Balaban J connectivity index is 1.86. The smallest absolute Gasteiger partial charge is 0.193 e. The number of aryl methyl sites for hydroxylation is 1. The maximum atomic E-state index is 11.2. The number of aliphatic imine (C=N–C) groups is 1. The van der Waals surface area contributed by atoms with Gasteiger partial charge in [-0.3, -0.25) is 4.99 Å². The van der Waals surface area contributed by atoms with Gasteiger partial charge in [0, 0.05) is 51.7 Å². The van der Waals surface area contributed by atoms with Crippen LogP contribution in [0.5, 0.6) is 0 Å². The molecule has 1 aromatic rings. The Morgan fingerprint density at radius 3 is 2.48 bits per heavy atom. The third kappa shape index (κ3) is 5.63. The van der Waals surface area contributed by atoms with Crippen LogP contribution >= 0.6 is 0 Å². The van der Waals surface area contributed by atoms with Gasteiger partial charge in [-0.1, -0.05) is 12.1 Å². The number of benzene rings is 1. The molecule has 1 saturated heterocycles. The predicted octanol–water partition coefficient (Wildman–Crippen LogP) is 1.44. The summed E-state index contributed by atoms with van der Waals surface area (Å²) in [6, 6.07) is 6.46. The molecule has 1 heterocycles. The molecular formula is C18H30N4O2S. The van der Waals surface area contributed by atoms with Crippen molar-refractivity contribution in [3.05, 3.63) is 29.3 Å². The number of guanidine groups is 1. The highest BCUT2D eigenvalue weighted by molar-refractivity contribution is 7.90. The molecule has 1 aliphatic rings. The van der Waals surface area contributed by atoms with E-state index in [1.807, 2.05) is 0 Å². The van der Waals surface area contributed by atoms with Crippen LogP contribution in [0.25, 0.3) is 0 Å². The van der Waals surface area contributed by atoms with Crippen molar-refractivity contribution in [2.24, 2.45) is 4.99 Å². The number of nitrogens with zero attached hydrogens (tertiary/aromatic N) is 3. The van der Waals surface area contributed by atoms with E-state index in [-0.39, 0.29) is 5.75 Å². The molecule has 0 bridgehead atoms. The van der Waals surface area contributed by atoms with Gasteiger partial charge in [-0.05, 0) is 37.5 Å². The standard InChI is InChI=1S/C18H30N4O2S/c1-15-7-5-8-17(16(15)2)21-10-12-22(13-11-21)18(19-3)20-9-6-14-25(4,23)24/h5,7-8H,6,9-14H2,1-4H3,(H,19,20). The van der Waals surface area contributed by atoms with E-state index in [2.05, 4.69) is 52.2 Å². The molecule has 1 aromatic carbocycles. The highest BCUT2D eigenvalue weighted by Crippen LogP contribution is 2.23. The van der Waals surface area contributed by atoms with Gasteiger partial charge in [-0.15, -0.1) is 0 Å². The van der Waals surface area contributed by atoms with Gasteiger partial charge in [0.2, 0.25) is 0 Å². The lowest BCUT2D eigenvalue weighted by molar-refractivity contribution is 0.372. The second kappa shape index (κ2) is 8.56. The van der Waals surface area contributed by atoms with Gasteiger partial charge in [0.05, 0.1) is 5.75 Å². The Labute approximate surface area is 151 Å². The Morgan fingerprint density at radius 2 is 1.88 bits per heavy atom. The number of anilines is 1. The van der Waals surface area contributed by atoms with Gasteiger partial charge >= 0.3 is 0 Å². The van der Waals surface area contributed by atoms with Crippen LogP contribution in [0.3, 0.4) is 0 Å². The molecule has 1 aliphatic heterocycles. The molecule has 0 spiro atoms. The zero-order valence-electron chi connectivity index (χ0n) is 15.7. The van der Waals surface area contributed by atoms with Crippen molar-refractivity contribution in [2.45, 2.75) is 20.3 Å². The van der Waals surface area contributed by atoms with Crippen molar-refractivity contribution >= 4 is 21.5 Å². The number of hydrogen-bond acceptors (Lipinski definition) is 4. The zero-order valence-corrected chi connectivity index (χ0v) is 16.6. The summed E-state index contributed by atoms with van der Waals surface area (Å²) in [5.74, 6) is 1.06. The van der Waals surface area contributed by atoms with E-state index >= 15 is 0 Å². The van der Waals surface area contributed by atoms with Gasteiger partial charge in [0.15, 0.2) is 5.96 Å². The lowest BCUT2D eigenvalue weighted by Gasteiger charge is -2.38. The molecule has 140 valence electrons. The first kappa shape index (κ1) is 19.6. The monoisotopic (exact) mass is 366 g/mol. The van der Waals surface area contributed by atoms with Crippen LogP contribution in [0.2, 0.25) is 0 Å². The van der Waals surface area contributed by atoms with Crippen LogP contribution < -0.4 is 10.2 Å². The average molecular weight is 367 g/mol. The molecule has 0 aliphatic carbocycles. The molecule has 0 aromatic heterocycles. The van der Waals surface area contributed by atoms with Gasteiger partial charge in [0.1, 0.15) is 9.84 Å². The Kier molecular flexibility index (Phi) is 6.70. The first-order chi connectivity index (χ1) is 11.8. The fraction of sp³-hybridized carbons (Fsp3) is 0.611. The van der Waals surface area contributed by atoms with Crippen LogP contribution in [0.1, 0.15) is 17.5 Å². The minimum atomic E-state index is -2.90. The van der Waals surface area contributed by atoms with E-state index in [1.165, 1.54) is 23.1 Å². The molecule has 0 atom stereocenters. The third-order valence-corrected chi connectivity index (χ3v) is 5.71. The van der Waals surface area contributed by atoms with Gasteiger partial charge in [-0.2, -0.15) is 0 Å². The lowest BCUT2D eigenvalue weighted by atomic mass is 10.1. The van der Waals surface area contributed by atoms with Crippen molar-refractivity contribution in [1.82, 2.24) is 10.2 Å². The SMILES string of the molecule is CN=C(NCCCS(C)(=O)=O)N1CCN(c2cccc(C)c2C)CC1. The summed E-state index contributed by atoms with van der Waals surface area (Å²) in [6.45, 7) is 8.66. The largest absolute Gasteiger partial charge is 0.368 e. The zero-order chi connectivity index (χ0) is 18.4. The van der Waals surface area contributed by atoms with E-state index in [4.69, 9.17) is 0 Å². The van der Waals surface area contributed by atoms with Crippen molar-refractivity contribution in [2.75, 3.05) is 56.7 Å². The highest BCUT2D eigenvalue weighted by atomic mass is 32.2. The lowest BCUT2D eigenvalue weighted by Crippen LogP contribution is -2.52. The Hall–Kier alpha value is -1.76. The van der Waals surface area contributed by atoms with Crippen LogP contribution in [0, 0.1) is 13.8 Å². The van der Waals surface area contributed by atoms with E-state index < -0.39 is 9.84 Å². The minimum absolute atomic E-state index is 0.206. The number of nitrogens with one attached hydrogen (secondary N) is 1. The van der Waals surface area contributed by atoms with Crippen molar-refractivity contribution in [3.63, 3.8) is 0 Å². The quantitative estimate of drug-likeness (QED) is 0.485. The maximum absolute atomic E-state index is 11.2. The van der Waals surface area contributed by atoms with Crippen LogP contribution in [-0.4, -0.2) is 71.1 Å². The summed E-state index contributed by atoms with van der Waals surface area (Å²) in [5.41, 5.74) is 3.98. The molecular weight excluding hydrogens is 336 g/mol. The first-order valence-corrected chi connectivity index (χ1v) is 10.8. The van der Waals surface area contributed by atoms with Crippen LogP contribution in [0.15, 0.2) is 23.2 Å². The molecule has 2 rings (SSSR count). The highest BCUT2D eigenvalue weighted by Gasteiger charge is 2.20. The number of sulfone groups is 1. The molecule has 0 unspecified atom stereocenters. The van der Waals surface area contributed by atoms with Gasteiger partial charge in [-0.25, -0.2) is 8.42 Å². The average Bonchev–Trinajstić information content (AvgIpc) is 2.57. The second-order valence-corrected chi connectivity index (χ2v) is 8.91. The van der Waals surface area contributed by atoms with E-state index in [9.17, 15) is 8.42 Å². The number of hydrogen-bond donors (Lipinski definition) is 1. The van der Waals surface area contributed by atoms with E-state index in [0.29, 0.717) is 13.0 Å². The van der Waals surface area contributed by atoms with Crippen LogP contribution in [0.4, 0.5) is 5.69 Å². The minimum Gasteiger partial charge on any atom is -0.368 e. The summed E-state index contributed by atoms with van der Waals surface area (Å²) in [5, 5.41) is 3.28. The molecule has 1 fully saturated rings. The van der Waals surface area contributed by atoms with Crippen LogP contribution in [-0.2, 0) is 9.84 Å². The molecule has 0 saturated carbocycles. The van der Waals surface area contributed by atoms with Gasteiger partial charge in [0.25, 0.3) is 0 Å².